The van der Waals surface area contributed by atoms with E-state index >= 15 is 0 Å². The molecule has 0 fully saturated rings. The zero-order chi connectivity index (χ0) is 19.4. The van der Waals surface area contributed by atoms with Gasteiger partial charge in [0.25, 0.3) is 0 Å². The minimum atomic E-state index is -0.289. The number of carbonyl (C=O) groups is 1. The fraction of sp³-hybridized carbons (Fsp3) is 0.333. The summed E-state index contributed by atoms with van der Waals surface area (Å²) in [4.78, 5) is 12.5. The molecule has 5 nitrogen and oxygen atoms in total. The van der Waals surface area contributed by atoms with E-state index in [-0.39, 0.29) is 24.2 Å². The van der Waals surface area contributed by atoms with Crippen LogP contribution in [0.3, 0.4) is 0 Å². The van der Waals surface area contributed by atoms with Crippen molar-refractivity contribution in [1.82, 2.24) is 15.1 Å². The van der Waals surface area contributed by atoms with E-state index in [1.54, 1.807) is 23.1 Å². The largest absolute Gasteiger partial charge is 0.469 e. The number of rotatable bonds is 7. The molecule has 0 aliphatic carbocycles. The van der Waals surface area contributed by atoms with Crippen LogP contribution in [0.25, 0.3) is 5.69 Å². The Bertz CT molecular complexity index is 898. The Labute approximate surface area is 158 Å². The molecule has 1 aromatic carbocycles. The van der Waals surface area contributed by atoms with Gasteiger partial charge in [0.2, 0.25) is 5.91 Å². The van der Waals surface area contributed by atoms with Crippen molar-refractivity contribution in [1.29, 1.82) is 0 Å². The Hall–Kier alpha value is -2.89. The summed E-state index contributed by atoms with van der Waals surface area (Å²) in [5.74, 6) is 0.596. The van der Waals surface area contributed by atoms with Gasteiger partial charge in [0.1, 0.15) is 11.6 Å². The standard InChI is InChI=1S/C21H24FN3O2/c1-14(6-11-19-5-4-12-27-19)23-21(26)13-20-15(2)24-25(16(20)3)18-9-7-17(22)8-10-18/h4-5,7-10,12,14H,6,11,13H2,1-3H3,(H,23,26). The number of hydrogen-bond acceptors (Lipinski definition) is 3. The van der Waals surface area contributed by atoms with Crippen LogP contribution >= 0.6 is 0 Å². The van der Waals surface area contributed by atoms with Crippen LogP contribution in [0.1, 0.15) is 36.1 Å². The van der Waals surface area contributed by atoms with E-state index in [4.69, 9.17) is 4.42 Å². The van der Waals surface area contributed by atoms with Crippen LogP contribution in [0.2, 0.25) is 0 Å². The lowest BCUT2D eigenvalue weighted by Gasteiger charge is -2.13. The molecule has 2 aromatic heterocycles. The number of furan rings is 1. The second-order valence-electron chi connectivity index (χ2n) is 6.80. The molecule has 0 spiro atoms. The van der Waals surface area contributed by atoms with Crippen LogP contribution < -0.4 is 5.32 Å². The molecule has 6 heteroatoms. The Balaban J connectivity index is 1.63. The van der Waals surface area contributed by atoms with Gasteiger partial charge in [-0.25, -0.2) is 9.07 Å². The average Bonchev–Trinajstić information content (AvgIpc) is 3.24. The van der Waals surface area contributed by atoms with E-state index < -0.39 is 0 Å². The van der Waals surface area contributed by atoms with Gasteiger partial charge in [-0.3, -0.25) is 4.79 Å². The lowest BCUT2D eigenvalue weighted by molar-refractivity contribution is -0.121. The molecule has 3 aromatic rings. The lowest BCUT2D eigenvalue weighted by Crippen LogP contribution is -2.34. The highest BCUT2D eigenvalue weighted by Gasteiger charge is 2.17. The van der Waals surface area contributed by atoms with E-state index in [0.29, 0.717) is 0 Å². The third-order valence-corrected chi connectivity index (χ3v) is 4.66. The van der Waals surface area contributed by atoms with Crippen molar-refractivity contribution in [3.8, 4) is 5.69 Å². The highest BCUT2D eigenvalue weighted by atomic mass is 19.1. The molecule has 0 saturated heterocycles. The molecule has 1 N–H and O–H groups in total. The van der Waals surface area contributed by atoms with Gasteiger partial charge >= 0.3 is 0 Å². The maximum atomic E-state index is 13.1. The summed E-state index contributed by atoms with van der Waals surface area (Å²) in [5, 5.41) is 7.55. The zero-order valence-corrected chi connectivity index (χ0v) is 15.8. The first kappa shape index (κ1) is 18.9. The van der Waals surface area contributed by atoms with Gasteiger partial charge in [0.05, 0.1) is 24.1 Å². The summed E-state index contributed by atoms with van der Waals surface area (Å²) in [6.07, 6.45) is 3.52. The number of benzene rings is 1. The normalized spacial score (nSPS) is 12.1. The molecule has 0 aliphatic heterocycles. The minimum Gasteiger partial charge on any atom is -0.469 e. The van der Waals surface area contributed by atoms with Gasteiger partial charge in [-0.05, 0) is 63.6 Å². The van der Waals surface area contributed by atoms with Gasteiger partial charge < -0.3 is 9.73 Å². The first-order valence-electron chi connectivity index (χ1n) is 9.07. The second kappa shape index (κ2) is 8.20. The molecule has 0 aliphatic rings. The van der Waals surface area contributed by atoms with Gasteiger partial charge in [-0.2, -0.15) is 5.10 Å². The molecule has 142 valence electrons. The Morgan fingerprint density at radius 3 is 2.67 bits per heavy atom. The molecular weight excluding hydrogens is 345 g/mol. The van der Waals surface area contributed by atoms with Crippen molar-refractivity contribution < 1.29 is 13.6 Å². The van der Waals surface area contributed by atoms with Crippen molar-refractivity contribution in [2.45, 2.75) is 46.1 Å². The highest BCUT2D eigenvalue weighted by Crippen LogP contribution is 2.19. The zero-order valence-electron chi connectivity index (χ0n) is 15.8. The summed E-state index contributed by atoms with van der Waals surface area (Å²) in [7, 11) is 0. The van der Waals surface area contributed by atoms with E-state index in [1.165, 1.54) is 12.1 Å². The van der Waals surface area contributed by atoms with Crippen LogP contribution in [0.15, 0.2) is 47.1 Å². The van der Waals surface area contributed by atoms with Crippen LogP contribution in [-0.2, 0) is 17.6 Å². The molecule has 0 radical (unpaired) electrons. The van der Waals surface area contributed by atoms with Crippen LogP contribution in [0, 0.1) is 19.7 Å². The Morgan fingerprint density at radius 2 is 2.00 bits per heavy atom. The summed E-state index contributed by atoms with van der Waals surface area (Å²) in [5.41, 5.74) is 3.36. The van der Waals surface area contributed by atoms with E-state index in [9.17, 15) is 9.18 Å². The Kier molecular flexibility index (Phi) is 5.74. The fourth-order valence-electron chi connectivity index (χ4n) is 3.14. The molecule has 0 bridgehead atoms. The number of aryl methyl sites for hydroxylation is 2. The molecule has 1 amide bonds. The SMILES string of the molecule is Cc1nn(-c2ccc(F)cc2)c(C)c1CC(=O)NC(C)CCc1ccco1. The number of amides is 1. The topological polar surface area (TPSA) is 60.1 Å². The molecule has 2 heterocycles. The number of carbonyl (C=O) groups excluding carboxylic acids is 1. The van der Waals surface area contributed by atoms with E-state index in [2.05, 4.69) is 10.4 Å². The predicted molar refractivity (Wildman–Crippen MR) is 101 cm³/mol. The smallest absolute Gasteiger partial charge is 0.224 e. The number of hydrogen-bond donors (Lipinski definition) is 1. The molecule has 3 rings (SSSR count). The van der Waals surface area contributed by atoms with E-state index in [1.807, 2.05) is 32.9 Å². The lowest BCUT2D eigenvalue weighted by atomic mass is 10.1. The number of nitrogens with zero attached hydrogens (tertiary/aromatic N) is 2. The average molecular weight is 369 g/mol. The summed E-state index contributed by atoms with van der Waals surface area (Å²) < 4.78 is 20.2. The maximum Gasteiger partial charge on any atom is 0.224 e. The fourth-order valence-corrected chi connectivity index (χ4v) is 3.14. The van der Waals surface area contributed by atoms with Crippen LogP contribution in [0.5, 0.6) is 0 Å². The van der Waals surface area contributed by atoms with Gasteiger partial charge in [-0.1, -0.05) is 0 Å². The highest BCUT2D eigenvalue weighted by molar-refractivity contribution is 5.79. The number of aromatic nitrogens is 2. The molecule has 1 atom stereocenters. The number of nitrogens with one attached hydrogen (secondary N) is 1. The second-order valence-corrected chi connectivity index (χ2v) is 6.80. The van der Waals surface area contributed by atoms with Crippen LogP contribution in [0.4, 0.5) is 4.39 Å². The number of halogens is 1. The third kappa shape index (κ3) is 4.64. The summed E-state index contributed by atoms with van der Waals surface area (Å²) in [6, 6.07) is 10.0. The van der Waals surface area contributed by atoms with Gasteiger partial charge in [0.15, 0.2) is 0 Å². The third-order valence-electron chi connectivity index (χ3n) is 4.66. The molecular formula is C21H24FN3O2. The van der Waals surface area contributed by atoms with Crippen molar-refractivity contribution >= 4 is 5.91 Å². The van der Waals surface area contributed by atoms with E-state index in [0.717, 1.165) is 41.2 Å². The van der Waals surface area contributed by atoms with Gasteiger partial charge in [-0.15, -0.1) is 0 Å². The maximum absolute atomic E-state index is 13.1. The van der Waals surface area contributed by atoms with Crippen molar-refractivity contribution in [2.75, 3.05) is 0 Å². The van der Waals surface area contributed by atoms with Crippen molar-refractivity contribution in [2.24, 2.45) is 0 Å². The van der Waals surface area contributed by atoms with Crippen LogP contribution in [-0.4, -0.2) is 21.7 Å². The summed E-state index contributed by atoms with van der Waals surface area (Å²) >= 11 is 0. The predicted octanol–water partition coefficient (Wildman–Crippen LogP) is 3.90. The van der Waals surface area contributed by atoms with Crippen molar-refractivity contribution in [3.05, 3.63) is 71.2 Å². The van der Waals surface area contributed by atoms with Crippen molar-refractivity contribution in [3.63, 3.8) is 0 Å². The minimum absolute atomic E-state index is 0.0354. The molecule has 1 unspecified atom stereocenters. The monoisotopic (exact) mass is 369 g/mol. The quantitative estimate of drug-likeness (QED) is 0.687. The van der Waals surface area contributed by atoms with Gasteiger partial charge in [0, 0.05) is 23.7 Å². The Morgan fingerprint density at radius 1 is 1.26 bits per heavy atom. The first-order valence-corrected chi connectivity index (χ1v) is 9.07. The molecule has 0 saturated carbocycles. The summed E-state index contributed by atoms with van der Waals surface area (Å²) in [6.45, 7) is 5.80. The molecule has 27 heavy (non-hydrogen) atoms. The first-order chi connectivity index (χ1) is 12.9.